The Balaban J connectivity index is 2.62. The number of aliphatic carboxylic acids is 1. The number of carbonyl (C=O) groups is 2. The normalized spacial score (nSPS) is 13.8. The van der Waals surface area contributed by atoms with Gasteiger partial charge in [0, 0.05) is 6.42 Å². The molecular formula is C17H25NO3. The van der Waals surface area contributed by atoms with Crippen molar-refractivity contribution in [3.8, 4) is 0 Å². The van der Waals surface area contributed by atoms with Crippen LogP contribution >= 0.6 is 0 Å². The maximum atomic E-state index is 12.0. The molecule has 0 aliphatic rings. The van der Waals surface area contributed by atoms with Gasteiger partial charge in [0.1, 0.15) is 6.04 Å². The number of rotatable bonds is 7. The first kappa shape index (κ1) is 17.2. The summed E-state index contributed by atoms with van der Waals surface area (Å²) in [5.41, 5.74) is 2.36. The third-order valence-corrected chi connectivity index (χ3v) is 3.70. The molecule has 0 bridgehead atoms. The summed E-state index contributed by atoms with van der Waals surface area (Å²) >= 11 is 0. The minimum absolute atomic E-state index is 0.0671. The molecule has 0 aliphatic carbocycles. The number of amides is 1. The van der Waals surface area contributed by atoms with Crippen LogP contribution in [0.1, 0.15) is 51.2 Å². The number of carboxylic acids is 1. The van der Waals surface area contributed by atoms with E-state index in [1.807, 2.05) is 19.1 Å². The summed E-state index contributed by atoms with van der Waals surface area (Å²) in [6, 6.07) is 7.38. The monoisotopic (exact) mass is 291 g/mol. The molecule has 0 saturated carbocycles. The molecule has 0 saturated heterocycles. The number of aryl methyl sites for hydroxylation is 1. The van der Waals surface area contributed by atoms with E-state index in [4.69, 9.17) is 5.11 Å². The van der Waals surface area contributed by atoms with Gasteiger partial charge in [0.2, 0.25) is 5.91 Å². The van der Waals surface area contributed by atoms with E-state index in [-0.39, 0.29) is 17.7 Å². The maximum Gasteiger partial charge on any atom is 0.326 e. The molecule has 2 N–H and O–H groups in total. The second-order valence-electron chi connectivity index (χ2n) is 5.83. The van der Waals surface area contributed by atoms with Crippen LogP contribution in [0.3, 0.4) is 0 Å². The van der Waals surface area contributed by atoms with E-state index in [9.17, 15) is 9.59 Å². The molecule has 4 heteroatoms. The summed E-state index contributed by atoms with van der Waals surface area (Å²) in [7, 11) is 0. The quantitative estimate of drug-likeness (QED) is 0.811. The van der Waals surface area contributed by atoms with Gasteiger partial charge >= 0.3 is 5.97 Å². The van der Waals surface area contributed by atoms with E-state index in [0.29, 0.717) is 6.42 Å². The highest BCUT2D eigenvalue weighted by Gasteiger charge is 2.24. The molecule has 0 spiro atoms. The van der Waals surface area contributed by atoms with Crippen molar-refractivity contribution in [3.63, 3.8) is 0 Å². The van der Waals surface area contributed by atoms with E-state index in [1.54, 1.807) is 13.8 Å². The topological polar surface area (TPSA) is 66.4 Å². The Labute approximate surface area is 126 Å². The molecule has 0 aliphatic heterocycles. The van der Waals surface area contributed by atoms with Crippen LogP contribution < -0.4 is 5.32 Å². The van der Waals surface area contributed by atoms with Gasteiger partial charge in [-0.15, -0.1) is 0 Å². The van der Waals surface area contributed by atoms with Gasteiger partial charge in [0.25, 0.3) is 0 Å². The fourth-order valence-electron chi connectivity index (χ4n) is 2.22. The zero-order valence-corrected chi connectivity index (χ0v) is 13.2. The highest BCUT2D eigenvalue weighted by Crippen LogP contribution is 2.20. The Morgan fingerprint density at radius 3 is 2.14 bits per heavy atom. The van der Waals surface area contributed by atoms with E-state index in [0.717, 1.165) is 12.0 Å². The number of nitrogens with one attached hydrogen (secondary N) is 1. The molecule has 0 aromatic heterocycles. The predicted octanol–water partition coefficient (Wildman–Crippen LogP) is 2.97. The van der Waals surface area contributed by atoms with Gasteiger partial charge in [-0.25, -0.2) is 4.79 Å². The lowest BCUT2D eigenvalue weighted by Crippen LogP contribution is -2.44. The van der Waals surface area contributed by atoms with Crippen molar-refractivity contribution in [2.45, 2.75) is 52.5 Å². The molecule has 1 unspecified atom stereocenters. The number of hydrogen-bond acceptors (Lipinski definition) is 2. The summed E-state index contributed by atoms with van der Waals surface area (Å²) in [6.07, 6.45) is 1.28. The SMILES string of the molecule is CCc1ccc(C(C)CC(=O)N[C@H](C(=O)O)C(C)C)cc1. The van der Waals surface area contributed by atoms with Crippen molar-refractivity contribution < 1.29 is 14.7 Å². The third kappa shape index (κ3) is 5.21. The Bertz CT molecular complexity index is 479. The summed E-state index contributed by atoms with van der Waals surface area (Å²) in [5.74, 6) is -1.27. The van der Waals surface area contributed by atoms with Crippen LogP contribution in [0, 0.1) is 5.92 Å². The van der Waals surface area contributed by atoms with Gasteiger partial charge in [-0.05, 0) is 29.4 Å². The van der Waals surface area contributed by atoms with E-state index < -0.39 is 12.0 Å². The van der Waals surface area contributed by atoms with Gasteiger partial charge in [0.05, 0.1) is 0 Å². The number of benzene rings is 1. The van der Waals surface area contributed by atoms with Crippen LogP contribution in [-0.4, -0.2) is 23.0 Å². The van der Waals surface area contributed by atoms with E-state index in [2.05, 4.69) is 24.4 Å². The molecule has 0 fully saturated rings. The molecule has 1 aromatic rings. The van der Waals surface area contributed by atoms with Crippen molar-refractivity contribution in [2.24, 2.45) is 5.92 Å². The Kier molecular flexibility index (Phi) is 6.40. The number of hydrogen-bond donors (Lipinski definition) is 2. The Morgan fingerprint density at radius 2 is 1.71 bits per heavy atom. The molecular weight excluding hydrogens is 266 g/mol. The number of carbonyl (C=O) groups excluding carboxylic acids is 1. The van der Waals surface area contributed by atoms with Gasteiger partial charge in [-0.1, -0.05) is 52.0 Å². The molecule has 1 rings (SSSR count). The minimum atomic E-state index is -0.988. The predicted molar refractivity (Wildman–Crippen MR) is 83.3 cm³/mol. The largest absolute Gasteiger partial charge is 0.480 e. The van der Waals surface area contributed by atoms with Crippen molar-refractivity contribution in [3.05, 3.63) is 35.4 Å². The second-order valence-corrected chi connectivity index (χ2v) is 5.83. The van der Waals surface area contributed by atoms with Crippen molar-refractivity contribution in [1.29, 1.82) is 0 Å². The van der Waals surface area contributed by atoms with Gasteiger partial charge in [0.15, 0.2) is 0 Å². The van der Waals surface area contributed by atoms with Crippen molar-refractivity contribution in [1.82, 2.24) is 5.32 Å². The van der Waals surface area contributed by atoms with Crippen LogP contribution in [0.15, 0.2) is 24.3 Å². The second kappa shape index (κ2) is 7.81. The summed E-state index contributed by atoms with van der Waals surface area (Å²) in [6.45, 7) is 7.65. The van der Waals surface area contributed by atoms with Crippen LogP contribution in [0.4, 0.5) is 0 Å². The van der Waals surface area contributed by atoms with Crippen LogP contribution in [0.2, 0.25) is 0 Å². The highest BCUT2D eigenvalue weighted by atomic mass is 16.4. The molecule has 116 valence electrons. The Morgan fingerprint density at radius 1 is 1.14 bits per heavy atom. The average molecular weight is 291 g/mol. The number of carboxylic acid groups (broad SMARTS) is 1. The standard InChI is InChI=1S/C17H25NO3/c1-5-13-6-8-14(9-7-13)12(4)10-15(19)18-16(11(2)3)17(20)21/h6-9,11-12,16H,5,10H2,1-4H3,(H,18,19)(H,20,21)/t12?,16-/m0/s1. The molecule has 4 nitrogen and oxygen atoms in total. The highest BCUT2D eigenvalue weighted by molar-refractivity contribution is 5.84. The third-order valence-electron chi connectivity index (χ3n) is 3.70. The first-order valence-corrected chi connectivity index (χ1v) is 7.46. The van der Waals surface area contributed by atoms with E-state index in [1.165, 1.54) is 5.56 Å². The molecule has 21 heavy (non-hydrogen) atoms. The first-order valence-electron chi connectivity index (χ1n) is 7.46. The molecule has 0 radical (unpaired) electrons. The zero-order valence-electron chi connectivity index (χ0n) is 13.2. The fraction of sp³-hybridized carbons (Fsp3) is 0.529. The smallest absolute Gasteiger partial charge is 0.326 e. The molecule has 2 atom stereocenters. The van der Waals surface area contributed by atoms with E-state index >= 15 is 0 Å². The van der Waals surface area contributed by atoms with Crippen LogP contribution in [0.25, 0.3) is 0 Å². The van der Waals surface area contributed by atoms with Crippen LogP contribution in [0.5, 0.6) is 0 Å². The van der Waals surface area contributed by atoms with Crippen LogP contribution in [-0.2, 0) is 16.0 Å². The molecule has 1 amide bonds. The summed E-state index contributed by atoms with van der Waals surface area (Å²) < 4.78 is 0. The summed E-state index contributed by atoms with van der Waals surface area (Å²) in [4.78, 5) is 23.1. The van der Waals surface area contributed by atoms with Gasteiger partial charge in [-0.3, -0.25) is 4.79 Å². The lowest BCUT2D eigenvalue weighted by molar-refractivity contribution is -0.143. The summed E-state index contributed by atoms with van der Waals surface area (Å²) in [5, 5.41) is 11.7. The minimum Gasteiger partial charge on any atom is -0.480 e. The van der Waals surface area contributed by atoms with Gasteiger partial charge in [-0.2, -0.15) is 0 Å². The molecule has 1 aromatic carbocycles. The van der Waals surface area contributed by atoms with Gasteiger partial charge < -0.3 is 10.4 Å². The lowest BCUT2D eigenvalue weighted by atomic mass is 9.95. The lowest BCUT2D eigenvalue weighted by Gasteiger charge is -2.19. The fourth-order valence-corrected chi connectivity index (χ4v) is 2.22. The van der Waals surface area contributed by atoms with Crippen molar-refractivity contribution >= 4 is 11.9 Å². The molecule has 0 heterocycles. The Hall–Kier alpha value is -1.84. The average Bonchev–Trinajstić information content (AvgIpc) is 2.44. The first-order chi connectivity index (χ1) is 9.85. The zero-order chi connectivity index (χ0) is 16.0. The van der Waals surface area contributed by atoms with Crippen molar-refractivity contribution in [2.75, 3.05) is 0 Å². The maximum absolute atomic E-state index is 12.0.